The molecule has 3 heteroatoms. The third-order valence-electron chi connectivity index (χ3n) is 3.60. The van der Waals surface area contributed by atoms with Gasteiger partial charge in [-0.25, -0.2) is 0 Å². The maximum atomic E-state index is 5.92. The Labute approximate surface area is 110 Å². The summed E-state index contributed by atoms with van der Waals surface area (Å²) in [4.78, 5) is 2.19. The van der Waals surface area contributed by atoms with Crippen molar-refractivity contribution >= 4 is 5.69 Å². The molecule has 0 atom stereocenters. The number of hydrogen-bond acceptors (Lipinski definition) is 3. The van der Waals surface area contributed by atoms with Crippen LogP contribution < -0.4 is 11.1 Å². The molecule has 0 bridgehead atoms. The highest BCUT2D eigenvalue weighted by Crippen LogP contribution is 2.21. The smallest absolute Gasteiger partial charge is 0.0342 e. The summed E-state index contributed by atoms with van der Waals surface area (Å²) in [5.74, 6) is 0. The van der Waals surface area contributed by atoms with Crippen LogP contribution in [0.1, 0.15) is 31.2 Å². The molecule has 1 aliphatic rings. The van der Waals surface area contributed by atoms with Crippen LogP contribution in [0.4, 0.5) is 5.69 Å². The van der Waals surface area contributed by atoms with Crippen LogP contribution >= 0.6 is 0 Å². The average molecular weight is 247 g/mol. The molecule has 0 unspecified atom stereocenters. The molecule has 0 saturated heterocycles. The Morgan fingerprint density at radius 3 is 2.28 bits per heavy atom. The first-order chi connectivity index (χ1) is 8.63. The molecule has 1 aromatic carbocycles. The molecule has 1 saturated carbocycles. The standard InChI is InChI=1S/C15H25N3/c1-18(2)11-12-3-7-14(8-4-12)17-15-9-5-13(16)6-10-15/h3-4,7-8,13,15,17H,5-6,9-11,16H2,1-2H3. The molecule has 1 fully saturated rings. The normalized spacial score (nSPS) is 24.2. The van der Waals surface area contributed by atoms with E-state index in [1.807, 2.05) is 0 Å². The van der Waals surface area contributed by atoms with Gasteiger partial charge in [0.25, 0.3) is 0 Å². The van der Waals surface area contributed by atoms with Gasteiger partial charge in [-0.1, -0.05) is 12.1 Å². The van der Waals surface area contributed by atoms with E-state index in [1.54, 1.807) is 0 Å². The van der Waals surface area contributed by atoms with Crippen molar-refractivity contribution in [2.75, 3.05) is 19.4 Å². The lowest BCUT2D eigenvalue weighted by Crippen LogP contribution is -2.32. The second-order valence-corrected chi connectivity index (χ2v) is 5.69. The number of hydrogen-bond donors (Lipinski definition) is 2. The molecule has 0 aromatic heterocycles. The predicted molar refractivity (Wildman–Crippen MR) is 77.7 cm³/mol. The first-order valence-electron chi connectivity index (χ1n) is 6.89. The van der Waals surface area contributed by atoms with Crippen molar-refractivity contribution in [3.8, 4) is 0 Å². The molecular formula is C15H25N3. The van der Waals surface area contributed by atoms with E-state index in [1.165, 1.54) is 24.1 Å². The second kappa shape index (κ2) is 6.21. The maximum absolute atomic E-state index is 5.92. The van der Waals surface area contributed by atoms with Crippen LogP contribution in [0.3, 0.4) is 0 Å². The van der Waals surface area contributed by atoms with Gasteiger partial charge in [0.05, 0.1) is 0 Å². The lowest BCUT2D eigenvalue weighted by atomic mass is 9.91. The number of nitrogens with two attached hydrogens (primary N) is 1. The Morgan fingerprint density at radius 1 is 1.11 bits per heavy atom. The van der Waals surface area contributed by atoms with E-state index in [-0.39, 0.29) is 0 Å². The third-order valence-corrected chi connectivity index (χ3v) is 3.60. The van der Waals surface area contributed by atoms with Crippen molar-refractivity contribution in [3.63, 3.8) is 0 Å². The highest BCUT2D eigenvalue weighted by Gasteiger charge is 2.17. The van der Waals surface area contributed by atoms with Crippen LogP contribution in [0.25, 0.3) is 0 Å². The highest BCUT2D eigenvalue weighted by molar-refractivity contribution is 5.45. The summed E-state index contributed by atoms with van der Waals surface area (Å²) in [6, 6.07) is 9.81. The zero-order valence-corrected chi connectivity index (χ0v) is 11.5. The summed E-state index contributed by atoms with van der Waals surface area (Å²) >= 11 is 0. The van der Waals surface area contributed by atoms with Crippen molar-refractivity contribution in [2.45, 2.75) is 44.3 Å². The van der Waals surface area contributed by atoms with Crippen LogP contribution in [0.5, 0.6) is 0 Å². The van der Waals surface area contributed by atoms with Gasteiger partial charge in [-0.3, -0.25) is 0 Å². The average Bonchev–Trinajstić information content (AvgIpc) is 2.34. The molecule has 100 valence electrons. The molecular weight excluding hydrogens is 222 g/mol. The topological polar surface area (TPSA) is 41.3 Å². The minimum atomic E-state index is 0.422. The van der Waals surface area contributed by atoms with Crippen molar-refractivity contribution in [2.24, 2.45) is 5.73 Å². The van der Waals surface area contributed by atoms with Gasteiger partial charge in [0.1, 0.15) is 0 Å². The number of benzene rings is 1. The Bertz CT molecular complexity index is 351. The van der Waals surface area contributed by atoms with E-state index < -0.39 is 0 Å². The third kappa shape index (κ3) is 4.00. The van der Waals surface area contributed by atoms with Crippen molar-refractivity contribution < 1.29 is 0 Å². The fourth-order valence-corrected chi connectivity index (χ4v) is 2.57. The molecule has 0 heterocycles. The summed E-state index contributed by atoms with van der Waals surface area (Å²) in [6.07, 6.45) is 4.69. The van der Waals surface area contributed by atoms with Crippen molar-refractivity contribution in [1.82, 2.24) is 4.90 Å². The summed E-state index contributed by atoms with van der Waals surface area (Å²) in [6.45, 7) is 0.999. The number of nitrogens with one attached hydrogen (secondary N) is 1. The second-order valence-electron chi connectivity index (χ2n) is 5.69. The van der Waals surface area contributed by atoms with Gasteiger partial charge in [-0.05, 0) is 57.5 Å². The van der Waals surface area contributed by atoms with Gasteiger partial charge in [-0.15, -0.1) is 0 Å². The molecule has 1 aliphatic carbocycles. The van der Waals surface area contributed by atoms with Crippen molar-refractivity contribution in [3.05, 3.63) is 29.8 Å². The predicted octanol–water partition coefficient (Wildman–Crippen LogP) is 2.43. The van der Waals surface area contributed by atoms with Gasteiger partial charge < -0.3 is 16.0 Å². The van der Waals surface area contributed by atoms with E-state index in [9.17, 15) is 0 Å². The first-order valence-corrected chi connectivity index (χ1v) is 6.89. The van der Waals surface area contributed by atoms with Gasteiger partial charge in [0.2, 0.25) is 0 Å². The molecule has 1 aromatic rings. The molecule has 0 aliphatic heterocycles. The van der Waals surface area contributed by atoms with Crippen LogP contribution in [0.2, 0.25) is 0 Å². The fraction of sp³-hybridized carbons (Fsp3) is 0.600. The van der Waals surface area contributed by atoms with E-state index in [4.69, 9.17) is 5.73 Å². The molecule has 3 N–H and O–H groups in total. The molecule has 0 radical (unpaired) electrons. The number of anilines is 1. The Balaban J connectivity index is 1.86. The first kappa shape index (κ1) is 13.4. The van der Waals surface area contributed by atoms with E-state index >= 15 is 0 Å². The maximum Gasteiger partial charge on any atom is 0.0342 e. The minimum Gasteiger partial charge on any atom is -0.382 e. The van der Waals surface area contributed by atoms with E-state index in [0.717, 1.165) is 19.4 Å². The summed E-state index contributed by atoms with van der Waals surface area (Å²) in [5.41, 5.74) is 8.52. The molecule has 2 rings (SSSR count). The minimum absolute atomic E-state index is 0.422. The van der Waals surface area contributed by atoms with E-state index in [0.29, 0.717) is 12.1 Å². The van der Waals surface area contributed by atoms with E-state index in [2.05, 4.69) is 48.6 Å². The van der Waals surface area contributed by atoms with Crippen LogP contribution in [-0.4, -0.2) is 31.1 Å². The monoisotopic (exact) mass is 247 g/mol. The summed E-state index contributed by atoms with van der Waals surface area (Å²) in [5, 5.41) is 3.61. The SMILES string of the molecule is CN(C)Cc1ccc(NC2CCC(N)CC2)cc1. The zero-order valence-electron chi connectivity index (χ0n) is 11.5. The van der Waals surface area contributed by atoms with Crippen LogP contribution in [0.15, 0.2) is 24.3 Å². The van der Waals surface area contributed by atoms with Crippen LogP contribution in [0, 0.1) is 0 Å². The number of nitrogens with zero attached hydrogens (tertiary/aromatic N) is 1. The van der Waals surface area contributed by atoms with Gasteiger partial charge in [-0.2, -0.15) is 0 Å². The fourth-order valence-electron chi connectivity index (χ4n) is 2.57. The number of rotatable bonds is 4. The highest BCUT2D eigenvalue weighted by atomic mass is 15.0. The Kier molecular flexibility index (Phi) is 4.61. The molecule has 3 nitrogen and oxygen atoms in total. The van der Waals surface area contributed by atoms with Gasteiger partial charge in [0.15, 0.2) is 0 Å². The lowest BCUT2D eigenvalue weighted by molar-refractivity contribution is 0.402. The zero-order chi connectivity index (χ0) is 13.0. The van der Waals surface area contributed by atoms with Gasteiger partial charge >= 0.3 is 0 Å². The Hall–Kier alpha value is -1.06. The van der Waals surface area contributed by atoms with Crippen LogP contribution in [-0.2, 0) is 6.54 Å². The van der Waals surface area contributed by atoms with Crippen molar-refractivity contribution in [1.29, 1.82) is 0 Å². The molecule has 18 heavy (non-hydrogen) atoms. The summed E-state index contributed by atoms with van der Waals surface area (Å²) < 4.78 is 0. The largest absolute Gasteiger partial charge is 0.382 e. The quantitative estimate of drug-likeness (QED) is 0.858. The lowest BCUT2D eigenvalue weighted by Gasteiger charge is -2.27. The van der Waals surface area contributed by atoms with Gasteiger partial charge in [0, 0.05) is 24.3 Å². The molecule has 0 amide bonds. The Morgan fingerprint density at radius 2 is 1.72 bits per heavy atom. The summed E-state index contributed by atoms with van der Waals surface area (Å²) in [7, 11) is 4.19. The molecule has 0 spiro atoms.